The van der Waals surface area contributed by atoms with Crippen LogP contribution in [0.25, 0.3) is 5.69 Å². The number of nitrogens with zero attached hydrogens (tertiary/aromatic N) is 3. The van der Waals surface area contributed by atoms with Crippen LogP contribution >= 0.6 is 0 Å². The second-order valence-electron chi connectivity index (χ2n) is 4.50. The van der Waals surface area contributed by atoms with Crippen LogP contribution in [0.15, 0.2) is 18.2 Å². The van der Waals surface area contributed by atoms with E-state index in [4.69, 9.17) is 0 Å². The van der Waals surface area contributed by atoms with Crippen molar-refractivity contribution in [2.75, 3.05) is 0 Å². The van der Waals surface area contributed by atoms with Crippen molar-refractivity contribution >= 4 is 0 Å². The fraction of sp³-hybridized carbons (Fsp3) is 0.333. The standard InChI is InChI=1S/C15H17N3/c1-5-14-11(3)17-18(12(14)4)15-10(2)7-6-8-13(15)9-16/h6-8H,5H2,1-4H3. The zero-order chi connectivity index (χ0) is 13.3. The average molecular weight is 239 g/mol. The Morgan fingerprint density at radius 2 is 2.00 bits per heavy atom. The lowest BCUT2D eigenvalue weighted by Gasteiger charge is -2.10. The molecule has 92 valence electrons. The Balaban J connectivity index is 2.74. The van der Waals surface area contributed by atoms with Crippen LogP contribution in [-0.2, 0) is 6.42 Å². The lowest BCUT2D eigenvalue weighted by Crippen LogP contribution is -2.04. The highest BCUT2D eigenvalue weighted by Crippen LogP contribution is 2.23. The van der Waals surface area contributed by atoms with Crippen LogP contribution in [0, 0.1) is 32.1 Å². The van der Waals surface area contributed by atoms with Gasteiger partial charge >= 0.3 is 0 Å². The Morgan fingerprint density at radius 1 is 1.28 bits per heavy atom. The normalized spacial score (nSPS) is 10.4. The number of para-hydroxylation sites is 1. The molecular weight excluding hydrogens is 222 g/mol. The van der Waals surface area contributed by atoms with Crippen LogP contribution in [0.1, 0.15) is 35.0 Å². The quantitative estimate of drug-likeness (QED) is 0.807. The molecule has 0 saturated carbocycles. The molecule has 0 fully saturated rings. The van der Waals surface area contributed by atoms with Crippen molar-refractivity contribution < 1.29 is 0 Å². The molecule has 0 spiro atoms. The van der Waals surface area contributed by atoms with Crippen molar-refractivity contribution in [1.82, 2.24) is 9.78 Å². The van der Waals surface area contributed by atoms with E-state index in [0.717, 1.165) is 29.1 Å². The fourth-order valence-electron chi connectivity index (χ4n) is 2.43. The molecule has 1 aromatic heterocycles. The van der Waals surface area contributed by atoms with Gasteiger partial charge in [-0.3, -0.25) is 0 Å². The van der Waals surface area contributed by atoms with Gasteiger partial charge in [-0.1, -0.05) is 19.1 Å². The molecule has 2 aromatic rings. The van der Waals surface area contributed by atoms with E-state index in [1.54, 1.807) is 0 Å². The number of aryl methyl sites for hydroxylation is 2. The maximum absolute atomic E-state index is 9.24. The van der Waals surface area contributed by atoms with E-state index < -0.39 is 0 Å². The van der Waals surface area contributed by atoms with Crippen LogP contribution < -0.4 is 0 Å². The summed E-state index contributed by atoms with van der Waals surface area (Å²) in [5, 5.41) is 13.8. The molecule has 0 aliphatic rings. The highest BCUT2D eigenvalue weighted by Gasteiger charge is 2.15. The first-order chi connectivity index (χ1) is 8.60. The molecule has 0 bridgehead atoms. The second kappa shape index (κ2) is 4.66. The summed E-state index contributed by atoms with van der Waals surface area (Å²) in [5.74, 6) is 0. The minimum absolute atomic E-state index is 0.670. The van der Waals surface area contributed by atoms with Crippen LogP contribution in [0.3, 0.4) is 0 Å². The van der Waals surface area contributed by atoms with Gasteiger partial charge in [0.2, 0.25) is 0 Å². The third-order valence-corrected chi connectivity index (χ3v) is 3.36. The summed E-state index contributed by atoms with van der Waals surface area (Å²) in [6.45, 7) is 8.22. The van der Waals surface area contributed by atoms with E-state index in [1.165, 1.54) is 5.56 Å². The van der Waals surface area contributed by atoms with Gasteiger partial charge in [-0.05, 0) is 44.4 Å². The summed E-state index contributed by atoms with van der Waals surface area (Å²) in [6.07, 6.45) is 0.964. The molecule has 0 aliphatic heterocycles. The van der Waals surface area contributed by atoms with Crippen molar-refractivity contribution in [3.05, 3.63) is 46.3 Å². The molecule has 0 aliphatic carbocycles. The van der Waals surface area contributed by atoms with E-state index in [-0.39, 0.29) is 0 Å². The topological polar surface area (TPSA) is 41.6 Å². The maximum atomic E-state index is 9.24. The van der Waals surface area contributed by atoms with Crippen LogP contribution in [0.4, 0.5) is 0 Å². The Bertz CT molecular complexity index is 630. The first-order valence-electron chi connectivity index (χ1n) is 6.15. The molecule has 0 saturated heterocycles. The molecule has 18 heavy (non-hydrogen) atoms. The molecule has 0 N–H and O–H groups in total. The summed E-state index contributed by atoms with van der Waals surface area (Å²) >= 11 is 0. The van der Waals surface area contributed by atoms with E-state index in [2.05, 4.69) is 25.0 Å². The monoisotopic (exact) mass is 239 g/mol. The van der Waals surface area contributed by atoms with Crippen molar-refractivity contribution in [2.45, 2.75) is 34.1 Å². The van der Waals surface area contributed by atoms with Crippen LogP contribution in [0.5, 0.6) is 0 Å². The predicted octanol–water partition coefficient (Wildman–Crippen LogP) is 3.23. The summed E-state index contributed by atoms with van der Waals surface area (Å²) in [5.41, 5.74) is 6.08. The molecule has 0 radical (unpaired) electrons. The van der Waals surface area contributed by atoms with Crippen molar-refractivity contribution in [1.29, 1.82) is 5.26 Å². The molecule has 3 heteroatoms. The lowest BCUT2D eigenvalue weighted by atomic mass is 10.1. The van der Waals surface area contributed by atoms with E-state index >= 15 is 0 Å². The Hall–Kier alpha value is -2.08. The lowest BCUT2D eigenvalue weighted by molar-refractivity contribution is 0.824. The third kappa shape index (κ3) is 1.80. The number of benzene rings is 1. The molecule has 1 heterocycles. The highest BCUT2D eigenvalue weighted by molar-refractivity contribution is 5.54. The zero-order valence-electron chi connectivity index (χ0n) is 11.3. The fourth-order valence-corrected chi connectivity index (χ4v) is 2.43. The van der Waals surface area contributed by atoms with Crippen molar-refractivity contribution in [3.8, 4) is 11.8 Å². The number of hydrogen-bond acceptors (Lipinski definition) is 2. The summed E-state index contributed by atoms with van der Waals surface area (Å²) in [7, 11) is 0. The highest BCUT2D eigenvalue weighted by atomic mass is 15.3. The average Bonchev–Trinajstić information content (AvgIpc) is 2.63. The Labute approximate surface area is 108 Å². The third-order valence-electron chi connectivity index (χ3n) is 3.36. The molecule has 0 atom stereocenters. The molecule has 3 nitrogen and oxygen atoms in total. The van der Waals surface area contributed by atoms with Gasteiger partial charge in [-0.15, -0.1) is 0 Å². The number of hydrogen-bond donors (Lipinski definition) is 0. The number of nitriles is 1. The van der Waals surface area contributed by atoms with Gasteiger partial charge in [0, 0.05) is 5.69 Å². The largest absolute Gasteiger partial charge is 0.236 e. The number of aromatic nitrogens is 2. The Morgan fingerprint density at radius 3 is 2.56 bits per heavy atom. The molecule has 2 rings (SSSR count). The van der Waals surface area contributed by atoms with Gasteiger partial charge in [0.15, 0.2) is 0 Å². The number of rotatable bonds is 2. The summed E-state index contributed by atoms with van der Waals surface area (Å²) in [4.78, 5) is 0. The zero-order valence-corrected chi connectivity index (χ0v) is 11.3. The molecule has 1 aromatic carbocycles. The van der Waals surface area contributed by atoms with Crippen molar-refractivity contribution in [2.24, 2.45) is 0 Å². The van der Waals surface area contributed by atoms with E-state index in [9.17, 15) is 5.26 Å². The minimum atomic E-state index is 0.670. The minimum Gasteiger partial charge on any atom is -0.236 e. The second-order valence-corrected chi connectivity index (χ2v) is 4.50. The summed E-state index contributed by atoms with van der Waals surface area (Å²) < 4.78 is 1.90. The van der Waals surface area contributed by atoms with Gasteiger partial charge in [-0.25, -0.2) is 4.68 Å². The Kier molecular flexibility index (Phi) is 3.20. The van der Waals surface area contributed by atoms with Gasteiger partial charge in [-0.2, -0.15) is 10.4 Å². The van der Waals surface area contributed by atoms with Gasteiger partial charge in [0.25, 0.3) is 0 Å². The van der Waals surface area contributed by atoms with E-state index in [0.29, 0.717) is 5.56 Å². The van der Waals surface area contributed by atoms with Crippen LogP contribution in [0.2, 0.25) is 0 Å². The summed E-state index contributed by atoms with van der Waals surface area (Å²) in [6, 6.07) is 8.00. The molecule has 0 amide bonds. The first-order valence-corrected chi connectivity index (χ1v) is 6.15. The maximum Gasteiger partial charge on any atom is 0.101 e. The van der Waals surface area contributed by atoms with Gasteiger partial charge in [0.1, 0.15) is 6.07 Å². The van der Waals surface area contributed by atoms with Crippen LogP contribution in [-0.4, -0.2) is 9.78 Å². The predicted molar refractivity (Wildman–Crippen MR) is 71.9 cm³/mol. The first kappa shape index (κ1) is 12.4. The van der Waals surface area contributed by atoms with Gasteiger partial charge < -0.3 is 0 Å². The van der Waals surface area contributed by atoms with Crippen molar-refractivity contribution in [3.63, 3.8) is 0 Å². The molecular formula is C15H17N3. The SMILES string of the molecule is CCc1c(C)nn(-c2c(C)cccc2C#N)c1C. The van der Waals surface area contributed by atoms with Gasteiger partial charge in [0.05, 0.1) is 16.9 Å². The molecule has 0 unspecified atom stereocenters. The van der Waals surface area contributed by atoms with E-state index in [1.807, 2.05) is 36.7 Å². The smallest absolute Gasteiger partial charge is 0.101 e.